The maximum atomic E-state index is 12.2. The molecule has 0 unspecified atom stereocenters. The average molecular weight is 350 g/mol. The Labute approximate surface area is 129 Å². The molecule has 0 atom stereocenters. The van der Waals surface area contributed by atoms with Crippen molar-refractivity contribution in [3.8, 4) is 0 Å². The molecule has 2 rings (SSSR count). The normalized spacial score (nSPS) is 10.0. The SMILES string of the molecule is CNc1cccc(C(=O)Nc2ccc(Br)cc2)c1[N+](=O)[O-]. The van der Waals surface area contributed by atoms with E-state index in [0.717, 1.165) is 4.47 Å². The Morgan fingerprint density at radius 3 is 2.43 bits per heavy atom. The van der Waals surface area contributed by atoms with Gasteiger partial charge in [0.05, 0.1) is 4.92 Å². The summed E-state index contributed by atoms with van der Waals surface area (Å²) >= 11 is 3.30. The number of nitro benzene ring substituents is 1. The number of amides is 1. The van der Waals surface area contributed by atoms with E-state index in [1.54, 1.807) is 43.4 Å². The minimum Gasteiger partial charge on any atom is -0.383 e. The first kappa shape index (κ1) is 15.0. The highest BCUT2D eigenvalue weighted by Gasteiger charge is 2.23. The molecule has 0 saturated carbocycles. The summed E-state index contributed by atoms with van der Waals surface area (Å²) < 4.78 is 0.878. The molecule has 0 bridgehead atoms. The highest BCUT2D eigenvalue weighted by atomic mass is 79.9. The molecule has 0 fully saturated rings. The Morgan fingerprint density at radius 2 is 1.86 bits per heavy atom. The van der Waals surface area contributed by atoms with Crippen LogP contribution < -0.4 is 10.6 Å². The number of nitrogens with zero attached hydrogens (tertiary/aromatic N) is 1. The third kappa shape index (κ3) is 3.38. The predicted octanol–water partition coefficient (Wildman–Crippen LogP) is 3.65. The van der Waals surface area contributed by atoms with E-state index in [-0.39, 0.29) is 11.3 Å². The van der Waals surface area contributed by atoms with Crippen molar-refractivity contribution < 1.29 is 9.72 Å². The molecule has 0 heterocycles. The van der Waals surface area contributed by atoms with Gasteiger partial charge in [0.25, 0.3) is 5.91 Å². The molecule has 0 aliphatic carbocycles. The quantitative estimate of drug-likeness (QED) is 0.651. The molecule has 2 N–H and O–H groups in total. The third-order valence-electron chi connectivity index (χ3n) is 2.83. The Balaban J connectivity index is 2.35. The molecule has 7 heteroatoms. The van der Waals surface area contributed by atoms with Crippen LogP contribution in [0.15, 0.2) is 46.9 Å². The summed E-state index contributed by atoms with van der Waals surface area (Å²) in [6.07, 6.45) is 0. The molecule has 21 heavy (non-hydrogen) atoms. The van der Waals surface area contributed by atoms with Gasteiger partial charge in [-0.2, -0.15) is 0 Å². The van der Waals surface area contributed by atoms with Crippen LogP contribution in [0.4, 0.5) is 17.1 Å². The Hall–Kier alpha value is -2.41. The van der Waals surface area contributed by atoms with Gasteiger partial charge in [0.2, 0.25) is 0 Å². The summed E-state index contributed by atoms with van der Waals surface area (Å²) in [6, 6.07) is 11.5. The molecule has 108 valence electrons. The third-order valence-corrected chi connectivity index (χ3v) is 3.36. The van der Waals surface area contributed by atoms with Crippen LogP contribution in [0.3, 0.4) is 0 Å². The zero-order valence-corrected chi connectivity index (χ0v) is 12.7. The molecule has 0 aliphatic heterocycles. The van der Waals surface area contributed by atoms with Gasteiger partial charge in [-0.25, -0.2) is 0 Å². The summed E-state index contributed by atoms with van der Waals surface area (Å²) in [4.78, 5) is 22.9. The van der Waals surface area contributed by atoms with Crippen LogP contribution in [0, 0.1) is 10.1 Å². The molecule has 0 spiro atoms. The summed E-state index contributed by atoms with van der Waals surface area (Å²) in [6.45, 7) is 0. The van der Waals surface area contributed by atoms with Gasteiger partial charge in [-0.3, -0.25) is 14.9 Å². The van der Waals surface area contributed by atoms with E-state index in [9.17, 15) is 14.9 Å². The van der Waals surface area contributed by atoms with Crippen molar-refractivity contribution in [1.82, 2.24) is 0 Å². The van der Waals surface area contributed by atoms with Gasteiger partial charge >= 0.3 is 5.69 Å². The number of anilines is 2. The van der Waals surface area contributed by atoms with Gasteiger partial charge in [0.1, 0.15) is 11.3 Å². The monoisotopic (exact) mass is 349 g/mol. The second-order valence-electron chi connectivity index (χ2n) is 4.17. The zero-order valence-electron chi connectivity index (χ0n) is 11.1. The molecule has 1 amide bonds. The standard InChI is InChI=1S/C14H12BrN3O3/c1-16-12-4-2-3-11(13(12)18(20)21)14(19)17-10-7-5-9(15)6-8-10/h2-8,16H,1H3,(H,17,19). The Bertz CT molecular complexity index is 686. The van der Waals surface area contributed by atoms with E-state index in [1.807, 2.05) is 0 Å². The van der Waals surface area contributed by atoms with E-state index < -0.39 is 10.8 Å². The number of nitrogens with one attached hydrogen (secondary N) is 2. The summed E-state index contributed by atoms with van der Waals surface area (Å²) in [5.74, 6) is -0.527. The lowest BCUT2D eigenvalue weighted by atomic mass is 10.1. The highest BCUT2D eigenvalue weighted by molar-refractivity contribution is 9.10. The minimum atomic E-state index is -0.567. The molecule has 0 aromatic heterocycles. The van der Waals surface area contributed by atoms with Crippen molar-refractivity contribution in [2.75, 3.05) is 17.7 Å². The molecular weight excluding hydrogens is 338 g/mol. The maximum Gasteiger partial charge on any atom is 0.305 e. The van der Waals surface area contributed by atoms with Crippen LogP contribution in [0.1, 0.15) is 10.4 Å². The maximum absolute atomic E-state index is 12.2. The first-order valence-corrected chi connectivity index (χ1v) is 6.84. The van der Waals surface area contributed by atoms with E-state index >= 15 is 0 Å². The van der Waals surface area contributed by atoms with E-state index in [1.165, 1.54) is 6.07 Å². The van der Waals surface area contributed by atoms with Gasteiger partial charge in [-0.1, -0.05) is 22.0 Å². The smallest absolute Gasteiger partial charge is 0.305 e. The Kier molecular flexibility index (Phi) is 4.54. The first-order valence-electron chi connectivity index (χ1n) is 6.05. The fourth-order valence-electron chi connectivity index (χ4n) is 1.86. The minimum absolute atomic E-state index is 0.00905. The van der Waals surface area contributed by atoms with Gasteiger partial charge in [-0.05, 0) is 36.4 Å². The van der Waals surface area contributed by atoms with Crippen LogP contribution in [-0.2, 0) is 0 Å². The van der Waals surface area contributed by atoms with Crippen molar-refractivity contribution >= 4 is 38.9 Å². The number of carbonyl (C=O) groups is 1. The van der Waals surface area contributed by atoms with Gasteiger partial charge in [-0.15, -0.1) is 0 Å². The molecule has 0 aliphatic rings. The van der Waals surface area contributed by atoms with Crippen molar-refractivity contribution in [3.05, 3.63) is 62.6 Å². The molecule has 2 aromatic carbocycles. The first-order chi connectivity index (χ1) is 10.0. The number of halogens is 1. The lowest BCUT2D eigenvalue weighted by Crippen LogP contribution is -2.14. The summed E-state index contributed by atoms with van der Waals surface area (Å²) in [5, 5.41) is 16.5. The van der Waals surface area contributed by atoms with Gasteiger partial charge in [0, 0.05) is 17.2 Å². The van der Waals surface area contributed by atoms with Crippen molar-refractivity contribution in [2.45, 2.75) is 0 Å². The van der Waals surface area contributed by atoms with Crippen molar-refractivity contribution in [1.29, 1.82) is 0 Å². The number of hydrogen-bond donors (Lipinski definition) is 2. The summed E-state index contributed by atoms with van der Waals surface area (Å²) in [5.41, 5.74) is 0.625. The van der Waals surface area contributed by atoms with Crippen LogP contribution in [0.2, 0.25) is 0 Å². The molecule has 6 nitrogen and oxygen atoms in total. The largest absolute Gasteiger partial charge is 0.383 e. The number of nitro groups is 1. The number of carbonyl (C=O) groups excluding carboxylic acids is 1. The fraction of sp³-hybridized carbons (Fsp3) is 0.0714. The fourth-order valence-corrected chi connectivity index (χ4v) is 2.12. The second-order valence-corrected chi connectivity index (χ2v) is 5.09. The van der Waals surface area contributed by atoms with Crippen LogP contribution in [0.25, 0.3) is 0 Å². The number of para-hydroxylation sites is 1. The topological polar surface area (TPSA) is 84.3 Å². The molecule has 2 aromatic rings. The van der Waals surface area contributed by atoms with Crippen LogP contribution in [-0.4, -0.2) is 17.9 Å². The average Bonchev–Trinajstić information content (AvgIpc) is 2.48. The van der Waals surface area contributed by atoms with Crippen molar-refractivity contribution in [2.24, 2.45) is 0 Å². The summed E-state index contributed by atoms with van der Waals surface area (Å²) in [7, 11) is 1.57. The number of rotatable bonds is 4. The Morgan fingerprint density at radius 1 is 1.19 bits per heavy atom. The molecular formula is C14H12BrN3O3. The van der Waals surface area contributed by atoms with E-state index in [0.29, 0.717) is 11.4 Å². The highest BCUT2D eigenvalue weighted by Crippen LogP contribution is 2.29. The van der Waals surface area contributed by atoms with Crippen LogP contribution >= 0.6 is 15.9 Å². The molecule has 0 radical (unpaired) electrons. The molecule has 0 saturated heterocycles. The number of benzene rings is 2. The van der Waals surface area contributed by atoms with E-state index in [4.69, 9.17) is 0 Å². The van der Waals surface area contributed by atoms with Gasteiger partial charge < -0.3 is 10.6 Å². The lowest BCUT2D eigenvalue weighted by Gasteiger charge is -2.08. The van der Waals surface area contributed by atoms with Crippen LogP contribution in [0.5, 0.6) is 0 Å². The van der Waals surface area contributed by atoms with Gasteiger partial charge in [0.15, 0.2) is 0 Å². The van der Waals surface area contributed by atoms with E-state index in [2.05, 4.69) is 26.6 Å². The number of hydrogen-bond acceptors (Lipinski definition) is 4. The lowest BCUT2D eigenvalue weighted by molar-refractivity contribution is -0.384. The predicted molar refractivity (Wildman–Crippen MR) is 84.7 cm³/mol. The zero-order chi connectivity index (χ0) is 15.4. The second kappa shape index (κ2) is 6.36. The van der Waals surface area contributed by atoms with Crippen molar-refractivity contribution in [3.63, 3.8) is 0 Å².